The third-order valence-electron chi connectivity index (χ3n) is 2.04. The summed E-state index contributed by atoms with van der Waals surface area (Å²) in [5.74, 6) is 1.01. The van der Waals surface area contributed by atoms with E-state index in [-0.39, 0.29) is 0 Å². The van der Waals surface area contributed by atoms with Crippen LogP contribution in [0.4, 0.5) is 5.82 Å². The number of hydrogen-bond donors (Lipinski definition) is 0. The minimum absolute atomic E-state index is 0.885. The second-order valence-corrected chi connectivity index (χ2v) is 3.30. The first-order chi connectivity index (χ1) is 6.25. The normalized spacial score (nSPS) is 15.5. The molecule has 0 fully saturated rings. The molecule has 68 valence electrons. The van der Waals surface area contributed by atoms with Crippen molar-refractivity contribution >= 4 is 5.82 Å². The highest BCUT2D eigenvalue weighted by Crippen LogP contribution is 2.15. The Balaban J connectivity index is 2.22. The van der Waals surface area contributed by atoms with E-state index >= 15 is 0 Å². The summed E-state index contributed by atoms with van der Waals surface area (Å²) in [5.41, 5.74) is 1.06. The van der Waals surface area contributed by atoms with Crippen molar-refractivity contribution in [3.63, 3.8) is 0 Å². The van der Waals surface area contributed by atoms with Crippen molar-refractivity contribution in [1.82, 2.24) is 9.88 Å². The number of aryl methyl sites for hydroxylation is 1. The molecule has 0 unspecified atom stereocenters. The van der Waals surface area contributed by atoms with Gasteiger partial charge in [0.25, 0.3) is 0 Å². The van der Waals surface area contributed by atoms with E-state index in [4.69, 9.17) is 0 Å². The highest BCUT2D eigenvalue weighted by molar-refractivity contribution is 5.43. The minimum atomic E-state index is 0.885. The van der Waals surface area contributed by atoms with Gasteiger partial charge in [0.2, 0.25) is 0 Å². The van der Waals surface area contributed by atoms with Crippen LogP contribution < -0.4 is 4.90 Å². The molecule has 0 radical (unpaired) electrons. The second-order valence-electron chi connectivity index (χ2n) is 3.30. The fourth-order valence-electron chi connectivity index (χ4n) is 1.37. The first-order valence-electron chi connectivity index (χ1n) is 4.34. The van der Waals surface area contributed by atoms with Crippen LogP contribution in [0.5, 0.6) is 0 Å². The maximum Gasteiger partial charge on any atom is 0.134 e. The molecule has 0 aliphatic carbocycles. The van der Waals surface area contributed by atoms with E-state index in [1.807, 2.05) is 44.6 Å². The Bertz CT molecular complexity index is 333. The highest BCUT2D eigenvalue weighted by atomic mass is 15.3. The van der Waals surface area contributed by atoms with Gasteiger partial charge in [-0.25, -0.2) is 4.98 Å². The Morgan fingerprint density at radius 3 is 2.77 bits per heavy atom. The van der Waals surface area contributed by atoms with Gasteiger partial charge >= 0.3 is 0 Å². The van der Waals surface area contributed by atoms with Crippen LogP contribution in [0.1, 0.15) is 5.69 Å². The molecule has 1 aromatic heterocycles. The molecule has 13 heavy (non-hydrogen) atoms. The monoisotopic (exact) mass is 175 g/mol. The maximum atomic E-state index is 4.44. The second kappa shape index (κ2) is 3.09. The van der Waals surface area contributed by atoms with Crippen molar-refractivity contribution in [2.75, 3.05) is 18.6 Å². The third-order valence-corrected chi connectivity index (χ3v) is 2.04. The summed E-state index contributed by atoms with van der Waals surface area (Å²) in [5, 5.41) is 0. The Morgan fingerprint density at radius 2 is 2.15 bits per heavy atom. The van der Waals surface area contributed by atoms with Crippen molar-refractivity contribution in [1.29, 1.82) is 0 Å². The minimum Gasteiger partial charge on any atom is -0.361 e. The summed E-state index contributed by atoms with van der Waals surface area (Å²) in [6, 6.07) is 6.06. The molecular formula is C10H13N3. The summed E-state index contributed by atoms with van der Waals surface area (Å²) in [4.78, 5) is 8.67. The van der Waals surface area contributed by atoms with Crippen molar-refractivity contribution in [2.45, 2.75) is 6.92 Å². The molecule has 0 amide bonds. The van der Waals surface area contributed by atoms with Gasteiger partial charge in [-0.3, -0.25) is 0 Å². The van der Waals surface area contributed by atoms with Gasteiger partial charge in [-0.1, -0.05) is 6.07 Å². The highest BCUT2D eigenvalue weighted by Gasteiger charge is 2.10. The summed E-state index contributed by atoms with van der Waals surface area (Å²) in [6.07, 6.45) is 4.09. The van der Waals surface area contributed by atoms with Crippen molar-refractivity contribution in [3.05, 3.63) is 36.3 Å². The molecule has 1 aliphatic heterocycles. The number of rotatable bonds is 1. The van der Waals surface area contributed by atoms with Gasteiger partial charge in [0.05, 0.1) is 6.67 Å². The van der Waals surface area contributed by atoms with Gasteiger partial charge in [0, 0.05) is 25.1 Å². The lowest BCUT2D eigenvalue weighted by Crippen LogP contribution is -2.22. The molecule has 2 heterocycles. The SMILES string of the molecule is Cc1cccc(N2C=CN(C)C2)n1. The molecule has 0 bridgehead atoms. The first kappa shape index (κ1) is 8.10. The Labute approximate surface area is 78.3 Å². The zero-order chi connectivity index (χ0) is 9.26. The molecule has 2 rings (SSSR count). The van der Waals surface area contributed by atoms with E-state index in [2.05, 4.69) is 14.8 Å². The van der Waals surface area contributed by atoms with Gasteiger partial charge in [0.1, 0.15) is 5.82 Å². The Morgan fingerprint density at radius 1 is 1.31 bits per heavy atom. The first-order valence-corrected chi connectivity index (χ1v) is 4.34. The molecular weight excluding hydrogens is 162 g/mol. The zero-order valence-electron chi connectivity index (χ0n) is 7.94. The van der Waals surface area contributed by atoms with E-state index in [0.29, 0.717) is 0 Å². The number of aromatic nitrogens is 1. The molecule has 3 nitrogen and oxygen atoms in total. The van der Waals surface area contributed by atoms with Crippen LogP contribution in [0.25, 0.3) is 0 Å². The number of anilines is 1. The molecule has 0 N–H and O–H groups in total. The fourth-order valence-corrected chi connectivity index (χ4v) is 1.37. The molecule has 0 saturated heterocycles. The van der Waals surface area contributed by atoms with Crippen LogP contribution in [0.2, 0.25) is 0 Å². The quantitative estimate of drug-likeness (QED) is 0.646. The summed E-state index contributed by atoms with van der Waals surface area (Å²) >= 11 is 0. The Kier molecular flexibility index (Phi) is 1.93. The van der Waals surface area contributed by atoms with Crippen LogP contribution in [-0.4, -0.2) is 23.6 Å². The zero-order valence-corrected chi connectivity index (χ0v) is 7.94. The molecule has 0 aromatic carbocycles. The van der Waals surface area contributed by atoms with Crippen LogP contribution >= 0.6 is 0 Å². The van der Waals surface area contributed by atoms with E-state index < -0.39 is 0 Å². The summed E-state index contributed by atoms with van der Waals surface area (Å²) in [7, 11) is 2.05. The van der Waals surface area contributed by atoms with Crippen LogP contribution in [-0.2, 0) is 0 Å². The topological polar surface area (TPSA) is 19.4 Å². The molecule has 0 spiro atoms. The van der Waals surface area contributed by atoms with Crippen molar-refractivity contribution in [3.8, 4) is 0 Å². The predicted molar refractivity (Wildman–Crippen MR) is 53.2 cm³/mol. The average molecular weight is 175 g/mol. The molecule has 0 saturated carbocycles. The van der Waals surface area contributed by atoms with Gasteiger partial charge in [-0.15, -0.1) is 0 Å². The smallest absolute Gasteiger partial charge is 0.134 e. The molecule has 1 aromatic rings. The van der Waals surface area contributed by atoms with E-state index in [1.54, 1.807) is 0 Å². The lowest BCUT2D eigenvalue weighted by Gasteiger charge is -2.17. The van der Waals surface area contributed by atoms with Gasteiger partial charge in [0.15, 0.2) is 0 Å². The predicted octanol–water partition coefficient (Wildman–Crippen LogP) is 1.57. The molecule has 3 heteroatoms. The lowest BCUT2D eigenvalue weighted by molar-refractivity contribution is 0.494. The number of pyridine rings is 1. The summed E-state index contributed by atoms with van der Waals surface area (Å²) in [6.45, 7) is 2.89. The summed E-state index contributed by atoms with van der Waals surface area (Å²) < 4.78 is 0. The molecule has 1 aliphatic rings. The largest absolute Gasteiger partial charge is 0.361 e. The van der Waals surface area contributed by atoms with Crippen LogP contribution in [0.15, 0.2) is 30.6 Å². The molecule has 0 atom stereocenters. The van der Waals surface area contributed by atoms with E-state index in [9.17, 15) is 0 Å². The van der Waals surface area contributed by atoms with Gasteiger partial charge in [-0.05, 0) is 19.1 Å². The average Bonchev–Trinajstić information content (AvgIpc) is 2.52. The standard InChI is InChI=1S/C10H13N3/c1-9-4-3-5-10(11-9)13-7-6-12(2)8-13/h3-7H,8H2,1-2H3. The fraction of sp³-hybridized carbons (Fsp3) is 0.300. The van der Waals surface area contributed by atoms with Crippen molar-refractivity contribution < 1.29 is 0 Å². The third kappa shape index (κ3) is 1.64. The van der Waals surface area contributed by atoms with E-state index in [0.717, 1.165) is 18.2 Å². The van der Waals surface area contributed by atoms with Gasteiger partial charge in [-0.2, -0.15) is 0 Å². The maximum absolute atomic E-state index is 4.44. The van der Waals surface area contributed by atoms with Crippen molar-refractivity contribution in [2.24, 2.45) is 0 Å². The van der Waals surface area contributed by atoms with Crippen LogP contribution in [0.3, 0.4) is 0 Å². The number of hydrogen-bond acceptors (Lipinski definition) is 3. The lowest BCUT2D eigenvalue weighted by atomic mass is 10.3. The van der Waals surface area contributed by atoms with Gasteiger partial charge < -0.3 is 9.80 Å². The van der Waals surface area contributed by atoms with Crippen LogP contribution in [0, 0.1) is 6.92 Å². The number of nitrogens with zero attached hydrogens (tertiary/aromatic N) is 3. The van der Waals surface area contributed by atoms with E-state index in [1.165, 1.54) is 0 Å². The Hall–Kier alpha value is -1.51.